The average Bonchev–Trinajstić information content (AvgIpc) is 3.09. The van der Waals surface area contributed by atoms with Crippen LogP contribution in [0.4, 0.5) is 18.3 Å². The first-order valence-electron chi connectivity index (χ1n) is 8.20. The summed E-state index contributed by atoms with van der Waals surface area (Å²) in [6, 6.07) is 9.20. The molecule has 1 amide bonds. The summed E-state index contributed by atoms with van der Waals surface area (Å²) in [5.41, 5.74) is 0.345. The molecule has 0 spiro atoms. The van der Waals surface area contributed by atoms with Crippen molar-refractivity contribution in [2.45, 2.75) is 12.7 Å². The highest BCUT2D eigenvalue weighted by molar-refractivity contribution is 7.88. The van der Waals surface area contributed by atoms with Gasteiger partial charge >= 0.3 is 6.18 Å². The summed E-state index contributed by atoms with van der Waals surface area (Å²) >= 11 is -0.0756. The molecule has 0 bridgehead atoms. The third-order valence-corrected chi connectivity index (χ3v) is 5.26. The zero-order valence-electron chi connectivity index (χ0n) is 15.0. The highest BCUT2D eigenvalue weighted by Gasteiger charge is 2.30. The van der Waals surface area contributed by atoms with Crippen LogP contribution in [0.25, 0.3) is 11.4 Å². The summed E-state index contributed by atoms with van der Waals surface area (Å²) < 4.78 is 52.1. The standard InChI is InChI=1S/C18H15F3N4O2S2/c1-29(27)23-10-14-15(13-4-2-3-9-22-13)24-17(28-14)25-16(26)11-5-7-12(8-6-11)18(19,20)21/h2-9,23H,10H2,1H3,(H,24,25,26). The lowest BCUT2D eigenvalue weighted by atomic mass is 10.1. The summed E-state index contributed by atoms with van der Waals surface area (Å²) in [5.74, 6) is -0.585. The smallest absolute Gasteiger partial charge is 0.416 e. The molecular weight excluding hydrogens is 425 g/mol. The molecule has 0 saturated heterocycles. The van der Waals surface area contributed by atoms with Crippen molar-refractivity contribution in [1.82, 2.24) is 14.7 Å². The number of benzene rings is 1. The molecule has 2 heterocycles. The van der Waals surface area contributed by atoms with Crippen molar-refractivity contribution in [3.05, 3.63) is 64.7 Å². The number of anilines is 1. The van der Waals surface area contributed by atoms with Gasteiger partial charge in [0.1, 0.15) is 11.9 Å². The number of alkyl halides is 3. The van der Waals surface area contributed by atoms with E-state index in [9.17, 15) is 22.5 Å². The number of hydrogen-bond donors (Lipinski definition) is 2. The van der Waals surface area contributed by atoms with Crippen molar-refractivity contribution < 1.29 is 22.5 Å². The van der Waals surface area contributed by atoms with E-state index in [2.05, 4.69) is 20.0 Å². The van der Waals surface area contributed by atoms with Crippen molar-refractivity contribution in [3.63, 3.8) is 0 Å². The quantitative estimate of drug-likeness (QED) is 0.568. The van der Waals surface area contributed by atoms with E-state index >= 15 is 0 Å². The fraction of sp³-hybridized carbons (Fsp3) is 0.167. The molecule has 0 aliphatic heterocycles. The van der Waals surface area contributed by atoms with Gasteiger partial charge in [-0.1, -0.05) is 17.4 Å². The number of halogens is 3. The summed E-state index contributed by atoms with van der Waals surface area (Å²) in [5, 5.41) is 2.85. The van der Waals surface area contributed by atoms with E-state index in [1.54, 1.807) is 24.4 Å². The predicted octanol–water partition coefficient (Wildman–Crippen LogP) is 3.86. The second kappa shape index (κ2) is 8.91. The van der Waals surface area contributed by atoms with Crippen LogP contribution in [0.2, 0.25) is 0 Å². The lowest BCUT2D eigenvalue weighted by molar-refractivity contribution is -0.137. The number of hydrogen-bond acceptors (Lipinski definition) is 6. The summed E-state index contributed by atoms with van der Waals surface area (Å²) in [4.78, 5) is 21.7. The van der Waals surface area contributed by atoms with Gasteiger partial charge in [0.2, 0.25) is 0 Å². The minimum absolute atomic E-state index is 0.0712. The van der Waals surface area contributed by atoms with E-state index in [1.807, 2.05) is 0 Å². The number of aromatic nitrogens is 2. The molecule has 3 rings (SSSR count). The SMILES string of the molecule is C[S+]([O-])NCc1sc(NC(=O)c2ccc(C(F)(F)F)cc2)nc1-c1ccccn1. The number of pyridine rings is 1. The van der Waals surface area contributed by atoms with Gasteiger partial charge in [-0.25, -0.2) is 4.98 Å². The molecule has 0 aliphatic rings. The van der Waals surface area contributed by atoms with Gasteiger partial charge in [0.15, 0.2) is 5.13 Å². The maximum absolute atomic E-state index is 12.7. The molecule has 0 radical (unpaired) electrons. The number of rotatable bonds is 6. The molecule has 29 heavy (non-hydrogen) atoms. The summed E-state index contributed by atoms with van der Waals surface area (Å²) in [7, 11) is 0. The molecule has 3 aromatic rings. The maximum atomic E-state index is 12.7. The number of carbonyl (C=O) groups excluding carboxylic acids is 1. The lowest BCUT2D eigenvalue weighted by Gasteiger charge is -2.07. The van der Waals surface area contributed by atoms with Crippen LogP contribution in [-0.4, -0.2) is 26.7 Å². The summed E-state index contributed by atoms with van der Waals surface area (Å²) in [6.07, 6.45) is -1.37. The van der Waals surface area contributed by atoms with E-state index in [0.717, 1.165) is 24.3 Å². The third-order valence-electron chi connectivity index (χ3n) is 3.74. The van der Waals surface area contributed by atoms with Gasteiger partial charge < -0.3 is 4.55 Å². The average molecular weight is 440 g/mol. The first-order chi connectivity index (χ1) is 13.7. The number of nitrogens with zero attached hydrogens (tertiary/aromatic N) is 2. The highest BCUT2D eigenvalue weighted by atomic mass is 32.2. The largest absolute Gasteiger partial charge is 0.598 e. The Bertz CT molecular complexity index is 977. The molecule has 152 valence electrons. The zero-order valence-corrected chi connectivity index (χ0v) is 16.6. The zero-order chi connectivity index (χ0) is 21.0. The second-order valence-electron chi connectivity index (χ2n) is 5.81. The van der Waals surface area contributed by atoms with Crippen LogP contribution in [0, 0.1) is 0 Å². The van der Waals surface area contributed by atoms with Crippen LogP contribution in [0.15, 0.2) is 48.7 Å². The maximum Gasteiger partial charge on any atom is 0.416 e. The van der Waals surface area contributed by atoms with Crippen LogP contribution < -0.4 is 10.0 Å². The Hall–Kier alpha value is -2.47. The van der Waals surface area contributed by atoms with E-state index in [-0.39, 0.29) is 17.2 Å². The fourth-order valence-corrected chi connectivity index (χ4v) is 3.72. The van der Waals surface area contributed by atoms with Crippen LogP contribution in [0.3, 0.4) is 0 Å². The third kappa shape index (κ3) is 5.54. The molecule has 2 N–H and O–H groups in total. The van der Waals surface area contributed by atoms with E-state index in [4.69, 9.17) is 0 Å². The molecule has 2 aromatic heterocycles. The minimum Gasteiger partial charge on any atom is -0.598 e. The van der Waals surface area contributed by atoms with Crippen LogP contribution in [-0.2, 0) is 24.1 Å². The Kier molecular flexibility index (Phi) is 6.52. The van der Waals surface area contributed by atoms with Crippen LogP contribution in [0.1, 0.15) is 20.8 Å². The minimum atomic E-state index is -4.47. The highest BCUT2D eigenvalue weighted by Crippen LogP contribution is 2.31. The number of thiazole rings is 1. The number of nitrogens with one attached hydrogen (secondary N) is 2. The van der Waals surface area contributed by atoms with Crippen molar-refractivity contribution in [2.24, 2.45) is 0 Å². The van der Waals surface area contributed by atoms with Gasteiger partial charge in [-0.15, -0.1) is 4.72 Å². The van der Waals surface area contributed by atoms with Crippen LogP contribution in [0.5, 0.6) is 0 Å². The Morgan fingerprint density at radius 1 is 1.21 bits per heavy atom. The Morgan fingerprint density at radius 2 is 1.93 bits per heavy atom. The van der Waals surface area contributed by atoms with Crippen molar-refractivity contribution in [3.8, 4) is 11.4 Å². The van der Waals surface area contributed by atoms with Crippen molar-refractivity contribution in [2.75, 3.05) is 11.6 Å². The van der Waals surface area contributed by atoms with E-state index in [0.29, 0.717) is 16.3 Å². The normalized spacial score (nSPS) is 12.6. The monoisotopic (exact) mass is 440 g/mol. The molecule has 1 atom stereocenters. The molecular formula is C18H15F3N4O2S2. The predicted molar refractivity (Wildman–Crippen MR) is 106 cm³/mol. The topological polar surface area (TPSA) is 90.0 Å². The summed E-state index contributed by atoms with van der Waals surface area (Å²) in [6.45, 7) is 0.253. The molecule has 11 heteroatoms. The van der Waals surface area contributed by atoms with Crippen LogP contribution >= 0.6 is 11.3 Å². The number of amides is 1. The van der Waals surface area contributed by atoms with Gasteiger partial charge in [-0.2, -0.15) is 13.2 Å². The van der Waals surface area contributed by atoms with Gasteiger partial charge in [0.05, 0.1) is 22.7 Å². The van der Waals surface area contributed by atoms with E-state index in [1.165, 1.54) is 17.6 Å². The Labute approximate surface area is 171 Å². The molecule has 0 saturated carbocycles. The molecule has 1 unspecified atom stereocenters. The van der Waals surface area contributed by atoms with Gasteiger partial charge in [0, 0.05) is 23.1 Å². The van der Waals surface area contributed by atoms with E-state index < -0.39 is 29.0 Å². The second-order valence-corrected chi connectivity index (χ2v) is 8.09. The van der Waals surface area contributed by atoms with Gasteiger partial charge in [0.25, 0.3) is 5.91 Å². The van der Waals surface area contributed by atoms with Gasteiger partial charge in [-0.05, 0) is 36.4 Å². The molecule has 6 nitrogen and oxygen atoms in total. The van der Waals surface area contributed by atoms with Crippen molar-refractivity contribution >= 4 is 33.7 Å². The van der Waals surface area contributed by atoms with Crippen molar-refractivity contribution in [1.29, 1.82) is 0 Å². The Balaban J connectivity index is 1.82. The number of carbonyl (C=O) groups is 1. The molecule has 0 aliphatic carbocycles. The Morgan fingerprint density at radius 3 is 2.52 bits per heavy atom. The fourth-order valence-electron chi connectivity index (χ4n) is 2.38. The molecule has 1 aromatic carbocycles. The van der Waals surface area contributed by atoms with Gasteiger partial charge in [-0.3, -0.25) is 15.1 Å². The first kappa shape index (κ1) is 21.2. The first-order valence-corrected chi connectivity index (χ1v) is 10.6. The molecule has 0 fully saturated rings. The lowest BCUT2D eigenvalue weighted by Crippen LogP contribution is -2.21.